The van der Waals surface area contributed by atoms with Gasteiger partial charge in [-0.3, -0.25) is 4.84 Å². The molecule has 4 N–H and O–H groups in total. The van der Waals surface area contributed by atoms with Crippen LogP contribution in [0.25, 0.3) is 11.1 Å². The van der Waals surface area contributed by atoms with Crippen molar-refractivity contribution in [3.05, 3.63) is 35.7 Å². The maximum absolute atomic E-state index is 12.0. The SMILES string of the molecule is CCCCOc1ccc(-c2c(OC(N)=O)c3n(c2C2CC2)CC[N+](OC(N)=O)(C(C)(C)C)C3)cc1. The molecule has 1 aliphatic heterocycles. The van der Waals surface area contributed by atoms with Gasteiger partial charge in [-0.25, -0.2) is 9.59 Å². The molecule has 4 rings (SSSR count). The van der Waals surface area contributed by atoms with Gasteiger partial charge in [0, 0.05) is 17.2 Å². The minimum Gasteiger partial charge on any atom is -0.494 e. The first-order valence-corrected chi connectivity index (χ1v) is 12.4. The van der Waals surface area contributed by atoms with Crippen molar-refractivity contribution in [3.63, 3.8) is 0 Å². The fourth-order valence-corrected chi connectivity index (χ4v) is 4.94. The van der Waals surface area contributed by atoms with Gasteiger partial charge in [-0.05, 0) is 57.7 Å². The molecule has 190 valence electrons. The summed E-state index contributed by atoms with van der Waals surface area (Å²) in [6, 6.07) is 7.87. The fraction of sp³-hybridized carbons (Fsp3) is 0.538. The van der Waals surface area contributed by atoms with Gasteiger partial charge in [0.25, 0.3) is 0 Å². The predicted octanol–water partition coefficient (Wildman–Crippen LogP) is 4.81. The third kappa shape index (κ3) is 4.96. The van der Waals surface area contributed by atoms with Gasteiger partial charge in [0.05, 0.1) is 13.2 Å². The van der Waals surface area contributed by atoms with Crippen molar-refractivity contribution in [2.24, 2.45) is 11.5 Å². The Hall–Kier alpha value is -3.20. The number of aromatic nitrogens is 1. The molecule has 0 spiro atoms. The van der Waals surface area contributed by atoms with Crippen molar-refractivity contribution in [2.75, 3.05) is 13.2 Å². The highest BCUT2D eigenvalue weighted by molar-refractivity contribution is 5.81. The van der Waals surface area contributed by atoms with Crippen molar-refractivity contribution in [3.8, 4) is 22.6 Å². The van der Waals surface area contributed by atoms with Crippen LogP contribution in [0.4, 0.5) is 9.59 Å². The Kier molecular flexibility index (Phi) is 6.73. The molecule has 2 heterocycles. The normalized spacial score (nSPS) is 19.7. The van der Waals surface area contributed by atoms with Crippen molar-refractivity contribution in [1.82, 2.24) is 4.57 Å². The van der Waals surface area contributed by atoms with Gasteiger partial charge in [-0.1, -0.05) is 25.5 Å². The monoisotopic (exact) mass is 485 g/mol. The predicted molar refractivity (Wildman–Crippen MR) is 132 cm³/mol. The number of ether oxygens (including phenoxy) is 2. The Morgan fingerprint density at radius 2 is 1.80 bits per heavy atom. The molecular weight excluding hydrogens is 448 g/mol. The number of quaternary nitrogens is 1. The highest BCUT2D eigenvalue weighted by Gasteiger charge is 2.51. The molecule has 35 heavy (non-hydrogen) atoms. The lowest BCUT2D eigenvalue weighted by Crippen LogP contribution is -2.63. The molecule has 9 nitrogen and oxygen atoms in total. The molecule has 1 aromatic carbocycles. The number of unbranched alkanes of at least 4 members (excludes halogenated alkanes) is 1. The number of hydroxylamine groups is 3. The van der Waals surface area contributed by atoms with Crippen LogP contribution < -0.4 is 20.9 Å². The first kappa shape index (κ1) is 24.9. The third-order valence-corrected chi connectivity index (χ3v) is 7.02. The minimum atomic E-state index is -0.878. The number of amides is 2. The van der Waals surface area contributed by atoms with E-state index < -0.39 is 17.7 Å². The molecule has 2 amide bonds. The third-order valence-electron chi connectivity index (χ3n) is 7.02. The average Bonchev–Trinajstić information content (AvgIpc) is 3.57. The van der Waals surface area contributed by atoms with E-state index in [9.17, 15) is 9.59 Å². The van der Waals surface area contributed by atoms with E-state index in [1.54, 1.807) is 0 Å². The van der Waals surface area contributed by atoms with Crippen LogP contribution in [0.15, 0.2) is 24.3 Å². The summed E-state index contributed by atoms with van der Waals surface area (Å²) in [5, 5.41) is 0. The van der Waals surface area contributed by atoms with Crippen LogP contribution in [0, 0.1) is 0 Å². The molecule has 0 saturated heterocycles. The van der Waals surface area contributed by atoms with Gasteiger partial charge < -0.3 is 25.5 Å². The van der Waals surface area contributed by atoms with Gasteiger partial charge in [0.2, 0.25) is 0 Å². The zero-order chi connectivity index (χ0) is 25.4. The highest BCUT2D eigenvalue weighted by atomic mass is 16.8. The Bertz CT molecular complexity index is 1100. The smallest absolute Gasteiger partial charge is 0.459 e. The molecule has 1 aromatic heterocycles. The summed E-state index contributed by atoms with van der Waals surface area (Å²) >= 11 is 0. The summed E-state index contributed by atoms with van der Waals surface area (Å²) in [6.45, 7) is 10.3. The number of benzene rings is 1. The van der Waals surface area contributed by atoms with Gasteiger partial charge in [0.15, 0.2) is 12.3 Å². The zero-order valence-electron chi connectivity index (χ0n) is 21.1. The van der Waals surface area contributed by atoms with Crippen LogP contribution in [0.1, 0.15) is 70.7 Å². The Morgan fingerprint density at radius 1 is 1.11 bits per heavy atom. The lowest BCUT2D eigenvalue weighted by atomic mass is 10.0. The minimum absolute atomic E-state index is 0.00474. The van der Waals surface area contributed by atoms with Crippen LogP contribution in [-0.2, 0) is 17.9 Å². The molecule has 1 atom stereocenters. The Morgan fingerprint density at radius 3 is 2.34 bits per heavy atom. The number of primary amides is 2. The molecule has 2 aliphatic rings. The highest BCUT2D eigenvalue weighted by Crippen LogP contribution is 2.52. The molecule has 9 heteroatoms. The van der Waals surface area contributed by atoms with Crippen LogP contribution >= 0.6 is 0 Å². The number of fused-ring (bicyclic) bond motifs is 1. The molecule has 0 bridgehead atoms. The number of nitrogens with two attached hydrogens (primary N) is 2. The summed E-state index contributed by atoms with van der Waals surface area (Å²) in [5.74, 6) is 1.61. The van der Waals surface area contributed by atoms with E-state index in [2.05, 4.69) is 11.5 Å². The van der Waals surface area contributed by atoms with Crippen molar-refractivity contribution in [1.29, 1.82) is 0 Å². The number of carbonyl (C=O) groups is 2. The second-order valence-electron chi connectivity index (χ2n) is 10.5. The van der Waals surface area contributed by atoms with Crippen LogP contribution in [0.3, 0.4) is 0 Å². The maximum Gasteiger partial charge on any atom is 0.459 e. The van der Waals surface area contributed by atoms with E-state index in [0.29, 0.717) is 37.9 Å². The van der Waals surface area contributed by atoms with E-state index in [1.807, 2.05) is 45.0 Å². The average molecular weight is 486 g/mol. The molecule has 1 unspecified atom stereocenters. The number of hydrogen-bond donors (Lipinski definition) is 2. The van der Waals surface area contributed by atoms with Gasteiger partial charge in [0.1, 0.15) is 23.5 Å². The molecule has 1 saturated carbocycles. The number of rotatable bonds is 8. The lowest BCUT2D eigenvalue weighted by molar-refractivity contribution is -1.13. The summed E-state index contributed by atoms with van der Waals surface area (Å²) in [5.41, 5.74) is 14.3. The van der Waals surface area contributed by atoms with E-state index in [4.69, 9.17) is 25.8 Å². The van der Waals surface area contributed by atoms with Crippen molar-refractivity contribution >= 4 is 12.2 Å². The number of hydrogen-bond acceptors (Lipinski definition) is 5. The molecule has 0 radical (unpaired) electrons. The topological polar surface area (TPSA) is 119 Å². The summed E-state index contributed by atoms with van der Waals surface area (Å²) < 4.78 is 13.7. The van der Waals surface area contributed by atoms with Crippen molar-refractivity contribution < 1.29 is 28.5 Å². The largest absolute Gasteiger partial charge is 0.494 e. The molecule has 1 aliphatic carbocycles. The maximum atomic E-state index is 12.0. The van der Waals surface area contributed by atoms with E-state index >= 15 is 0 Å². The first-order valence-electron chi connectivity index (χ1n) is 12.4. The standard InChI is InChI=1S/C26H36N4O5/c1-5-6-15-33-19-11-9-17(10-12-19)21-22(18-7-8-18)29-13-14-30(26(2,3)4,35-25(28)32)16-20(29)23(21)34-24(27)31/h9-12,18H,5-8,13-16H2,1-4H3,(H3-,27,28,31,32)/p+1. The summed E-state index contributed by atoms with van der Waals surface area (Å²) in [4.78, 5) is 29.7. The van der Waals surface area contributed by atoms with Gasteiger partial charge >= 0.3 is 12.2 Å². The van der Waals surface area contributed by atoms with E-state index in [-0.39, 0.29) is 4.65 Å². The first-order chi connectivity index (χ1) is 16.6. The van der Waals surface area contributed by atoms with Gasteiger partial charge in [-0.15, -0.1) is 4.65 Å². The lowest BCUT2D eigenvalue weighted by Gasteiger charge is -2.46. The van der Waals surface area contributed by atoms with Crippen molar-refractivity contribution in [2.45, 2.75) is 77.9 Å². The van der Waals surface area contributed by atoms with Crippen LogP contribution in [0.5, 0.6) is 11.5 Å². The molecular formula is C26H37N4O5+. The zero-order valence-corrected chi connectivity index (χ0v) is 21.1. The van der Waals surface area contributed by atoms with Gasteiger partial charge in [-0.2, -0.15) is 0 Å². The number of carbonyl (C=O) groups excluding carboxylic acids is 2. The molecule has 1 fully saturated rings. The second kappa shape index (κ2) is 9.45. The fourth-order valence-electron chi connectivity index (χ4n) is 4.94. The second-order valence-corrected chi connectivity index (χ2v) is 10.5. The van der Waals surface area contributed by atoms with E-state index in [1.165, 1.54) is 0 Å². The van der Waals surface area contributed by atoms with Crippen LogP contribution in [-0.4, -0.2) is 40.1 Å². The summed E-state index contributed by atoms with van der Waals surface area (Å²) in [6.07, 6.45) is 2.50. The Labute approximate surface area is 206 Å². The molecule has 2 aromatic rings. The Balaban J connectivity index is 1.82. The quantitative estimate of drug-likeness (QED) is 0.411. The van der Waals surface area contributed by atoms with E-state index in [0.717, 1.165) is 53.9 Å². The summed E-state index contributed by atoms with van der Waals surface area (Å²) in [7, 11) is 0. The van der Waals surface area contributed by atoms with Crippen LogP contribution in [0.2, 0.25) is 0 Å². The number of nitrogens with zero attached hydrogens (tertiary/aromatic N) is 2.